The number of rotatable bonds is 4. The smallest absolute Gasteiger partial charge is 0.333 e. The van der Waals surface area contributed by atoms with E-state index in [0.29, 0.717) is 0 Å². The Morgan fingerprint density at radius 3 is 2.83 bits per heavy atom. The Balaban J connectivity index is 2.40. The van der Waals surface area contributed by atoms with Crippen LogP contribution >= 0.6 is 0 Å². The number of nitrogens with one attached hydrogen (secondary N) is 1. The minimum atomic E-state index is -0.917. The molecule has 2 rings (SSSR count). The Hall–Kier alpha value is -2.23. The molecule has 23 heavy (non-hydrogen) atoms. The van der Waals surface area contributed by atoms with E-state index in [9.17, 15) is 19.5 Å². The minimum absolute atomic E-state index is 0.0676. The molecule has 3 atom stereocenters. The number of hydrogen-bond donors (Lipinski definition) is 3. The molecule has 0 unspecified atom stereocenters. The lowest BCUT2D eigenvalue weighted by molar-refractivity contribution is -0.135. The highest BCUT2D eigenvalue weighted by molar-refractivity contribution is 5.92. The van der Waals surface area contributed by atoms with Crippen molar-refractivity contribution in [2.24, 2.45) is 0 Å². The number of aliphatic hydroxyl groups is 2. The second-order valence-corrected chi connectivity index (χ2v) is 5.18. The average Bonchev–Trinajstić information content (AvgIpc) is 2.89. The van der Waals surface area contributed by atoms with E-state index in [4.69, 9.17) is 9.84 Å². The monoisotopic (exact) mass is 326 g/mol. The summed E-state index contributed by atoms with van der Waals surface area (Å²) in [5, 5.41) is 18.8. The zero-order valence-corrected chi connectivity index (χ0v) is 12.7. The van der Waals surface area contributed by atoms with Gasteiger partial charge in [-0.05, 0) is 13.0 Å². The number of aromatic nitrogens is 2. The Kier molecular flexibility index (Phi) is 5.14. The van der Waals surface area contributed by atoms with Crippen molar-refractivity contribution in [2.75, 3.05) is 13.7 Å². The van der Waals surface area contributed by atoms with Gasteiger partial charge in [-0.15, -0.1) is 0 Å². The van der Waals surface area contributed by atoms with Crippen LogP contribution in [0.5, 0.6) is 0 Å². The summed E-state index contributed by atoms with van der Waals surface area (Å²) < 4.78 is 11.0. The van der Waals surface area contributed by atoms with Gasteiger partial charge in [0.15, 0.2) is 0 Å². The first kappa shape index (κ1) is 17.1. The van der Waals surface area contributed by atoms with Gasteiger partial charge in [-0.2, -0.15) is 0 Å². The van der Waals surface area contributed by atoms with Crippen LogP contribution in [0.15, 0.2) is 21.4 Å². The Labute approximate surface area is 130 Å². The summed E-state index contributed by atoms with van der Waals surface area (Å²) in [6, 6.07) is 0. The second-order valence-electron chi connectivity index (χ2n) is 5.18. The second kappa shape index (κ2) is 6.90. The van der Waals surface area contributed by atoms with E-state index in [1.807, 2.05) is 0 Å². The molecule has 3 N–H and O–H groups in total. The first-order chi connectivity index (χ1) is 10.9. The summed E-state index contributed by atoms with van der Waals surface area (Å²) >= 11 is 0. The van der Waals surface area contributed by atoms with Crippen molar-refractivity contribution in [2.45, 2.75) is 31.8 Å². The molecule has 9 nitrogen and oxygen atoms in total. The first-order valence-electron chi connectivity index (χ1n) is 6.93. The van der Waals surface area contributed by atoms with E-state index in [-0.39, 0.29) is 24.2 Å². The highest BCUT2D eigenvalue weighted by atomic mass is 16.5. The zero-order chi connectivity index (χ0) is 17.1. The lowest BCUT2D eigenvalue weighted by Crippen LogP contribution is -2.33. The fraction of sp³-hybridized carbons (Fsp3) is 0.500. The molecular formula is C14H18N2O7. The molecule has 0 radical (unpaired) electrons. The molecule has 0 amide bonds. The van der Waals surface area contributed by atoms with Crippen LogP contribution in [0.3, 0.4) is 0 Å². The van der Waals surface area contributed by atoms with Crippen LogP contribution in [0.1, 0.15) is 25.1 Å². The number of carbonyl (C=O) groups is 1. The van der Waals surface area contributed by atoms with E-state index in [1.165, 1.54) is 26.3 Å². The minimum Gasteiger partial charge on any atom is -0.466 e. The van der Waals surface area contributed by atoms with Gasteiger partial charge in [0, 0.05) is 18.2 Å². The Morgan fingerprint density at radius 1 is 1.57 bits per heavy atom. The fourth-order valence-electron chi connectivity index (χ4n) is 2.32. The molecule has 1 aliphatic heterocycles. The summed E-state index contributed by atoms with van der Waals surface area (Å²) in [4.78, 5) is 37.3. The number of aromatic amines is 1. The van der Waals surface area contributed by atoms with Crippen molar-refractivity contribution in [3.05, 3.63) is 38.2 Å². The number of hydrogen-bond acceptors (Lipinski definition) is 7. The van der Waals surface area contributed by atoms with E-state index in [2.05, 4.69) is 9.72 Å². The van der Waals surface area contributed by atoms with E-state index >= 15 is 0 Å². The molecule has 0 spiro atoms. The number of ether oxygens (including phenoxy) is 2. The van der Waals surface area contributed by atoms with Crippen LogP contribution in [0.2, 0.25) is 0 Å². The molecule has 0 bridgehead atoms. The van der Waals surface area contributed by atoms with Gasteiger partial charge in [0.05, 0.1) is 25.4 Å². The summed E-state index contributed by atoms with van der Waals surface area (Å²) in [6.07, 6.45) is 0.0858. The SMILES string of the molecule is COC(=O)/C(C)=C/c1cn([C@H]2C[C@H](O)[C@@H](CO)O2)c(=O)[nH]c1=O. The predicted molar refractivity (Wildman–Crippen MR) is 78.6 cm³/mol. The summed E-state index contributed by atoms with van der Waals surface area (Å²) in [5.74, 6) is -0.602. The lowest BCUT2D eigenvalue weighted by Gasteiger charge is -2.14. The Morgan fingerprint density at radius 2 is 2.26 bits per heavy atom. The number of H-pyrrole nitrogens is 1. The van der Waals surface area contributed by atoms with Gasteiger partial charge in [-0.25, -0.2) is 9.59 Å². The van der Waals surface area contributed by atoms with Gasteiger partial charge < -0.3 is 19.7 Å². The van der Waals surface area contributed by atoms with Gasteiger partial charge in [0.2, 0.25) is 0 Å². The molecule has 0 saturated carbocycles. The number of aliphatic hydroxyl groups excluding tert-OH is 2. The van der Waals surface area contributed by atoms with E-state index in [0.717, 1.165) is 4.57 Å². The molecule has 2 heterocycles. The van der Waals surface area contributed by atoms with Crippen molar-refractivity contribution in [3.8, 4) is 0 Å². The fourth-order valence-corrected chi connectivity index (χ4v) is 2.32. The lowest BCUT2D eigenvalue weighted by atomic mass is 10.2. The quantitative estimate of drug-likeness (QED) is 0.465. The van der Waals surface area contributed by atoms with Crippen LogP contribution in [0.25, 0.3) is 6.08 Å². The van der Waals surface area contributed by atoms with Gasteiger partial charge in [-0.3, -0.25) is 14.3 Å². The average molecular weight is 326 g/mol. The largest absolute Gasteiger partial charge is 0.466 e. The van der Waals surface area contributed by atoms with E-state index < -0.39 is 35.7 Å². The van der Waals surface area contributed by atoms with Crippen molar-refractivity contribution < 1.29 is 24.5 Å². The molecule has 0 aliphatic carbocycles. The third-order valence-electron chi connectivity index (χ3n) is 3.57. The molecule has 1 aliphatic rings. The van der Waals surface area contributed by atoms with Gasteiger partial charge >= 0.3 is 11.7 Å². The van der Waals surface area contributed by atoms with Crippen molar-refractivity contribution in [3.63, 3.8) is 0 Å². The van der Waals surface area contributed by atoms with Crippen LogP contribution in [-0.2, 0) is 14.3 Å². The van der Waals surface area contributed by atoms with E-state index in [1.54, 1.807) is 0 Å². The number of carbonyl (C=O) groups excluding carboxylic acids is 1. The normalized spacial score (nSPS) is 24.7. The summed E-state index contributed by atoms with van der Waals surface area (Å²) in [7, 11) is 1.22. The number of esters is 1. The molecule has 0 aromatic carbocycles. The molecule has 1 saturated heterocycles. The third kappa shape index (κ3) is 3.58. The maximum atomic E-state index is 11.9. The number of nitrogens with zero attached hydrogens (tertiary/aromatic N) is 1. The Bertz CT molecular complexity index is 733. The van der Waals surface area contributed by atoms with Crippen LogP contribution < -0.4 is 11.2 Å². The topological polar surface area (TPSA) is 131 Å². The van der Waals surface area contributed by atoms with Gasteiger partial charge in [0.1, 0.15) is 12.3 Å². The van der Waals surface area contributed by atoms with Crippen LogP contribution in [0.4, 0.5) is 0 Å². The van der Waals surface area contributed by atoms with Gasteiger partial charge in [0.25, 0.3) is 5.56 Å². The molecule has 1 aromatic rings. The maximum absolute atomic E-state index is 11.9. The van der Waals surface area contributed by atoms with Gasteiger partial charge in [-0.1, -0.05) is 0 Å². The third-order valence-corrected chi connectivity index (χ3v) is 3.57. The summed E-state index contributed by atoms with van der Waals surface area (Å²) in [6.45, 7) is 1.09. The first-order valence-corrected chi connectivity index (χ1v) is 6.93. The molecular weight excluding hydrogens is 308 g/mol. The number of methoxy groups -OCH3 is 1. The summed E-state index contributed by atoms with van der Waals surface area (Å²) in [5.41, 5.74) is -1.12. The van der Waals surface area contributed by atoms with Crippen molar-refractivity contribution in [1.29, 1.82) is 0 Å². The standard InChI is InChI=1S/C14H18N2O7/c1-7(13(20)22-2)3-8-5-16(14(21)15-12(8)19)11-4-9(18)10(6-17)23-11/h3,5,9-11,17-18H,4,6H2,1-2H3,(H,15,19,21)/b7-3+/t9-,10+,11+/m0/s1. The zero-order valence-electron chi connectivity index (χ0n) is 12.7. The molecule has 1 aromatic heterocycles. The molecule has 126 valence electrons. The van der Waals surface area contributed by atoms with Crippen molar-refractivity contribution in [1.82, 2.24) is 9.55 Å². The highest BCUT2D eigenvalue weighted by Gasteiger charge is 2.35. The highest BCUT2D eigenvalue weighted by Crippen LogP contribution is 2.27. The van der Waals surface area contributed by atoms with Crippen LogP contribution in [-0.4, -0.2) is 51.7 Å². The maximum Gasteiger partial charge on any atom is 0.333 e. The molecule has 9 heteroatoms. The van der Waals surface area contributed by atoms with Crippen LogP contribution in [0, 0.1) is 0 Å². The predicted octanol–water partition coefficient (Wildman–Crippen LogP) is -1.25. The molecule has 1 fully saturated rings. The van der Waals surface area contributed by atoms with Crippen molar-refractivity contribution >= 4 is 12.0 Å².